The molecule has 3 fully saturated rings. The van der Waals surface area contributed by atoms with Crippen LogP contribution in [0.25, 0.3) is 0 Å². The molecule has 6 nitrogen and oxygen atoms in total. The number of aliphatic carboxylic acids is 1. The van der Waals surface area contributed by atoms with Crippen LogP contribution >= 0.6 is 0 Å². The highest BCUT2D eigenvalue weighted by Crippen LogP contribution is 2.37. The van der Waals surface area contributed by atoms with E-state index in [0.717, 1.165) is 12.8 Å². The summed E-state index contributed by atoms with van der Waals surface area (Å²) in [6.45, 7) is 0. The normalized spacial score (nSPS) is 41.5. The minimum Gasteiger partial charge on any atom is -0.479 e. The summed E-state index contributed by atoms with van der Waals surface area (Å²) in [5.74, 6) is -1.07. The molecule has 3 aliphatic rings. The molecule has 2 bridgehead atoms. The number of carboxylic acids is 1. The molecule has 0 aromatic heterocycles. The molecule has 3 aliphatic heterocycles. The van der Waals surface area contributed by atoms with Crippen LogP contribution in [0.1, 0.15) is 38.5 Å². The van der Waals surface area contributed by atoms with Gasteiger partial charge in [0.1, 0.15) is 6.10 Å². The monoisotopic (exact) mass is 269 g/mol. The van der Waals surface area contributed by atoms with Gasteiger partial charge in [-0.15, -0.1) is 0 Å². The zero-order chi connectivity index (χ0) is 13.6. The minimum atomic E-state index is -0.993. The lowest BCUT2D eigenvalue weighted by molar-refractivity contribution is -0.157. The molecule has 0 radical (unpaired) electrons. The summed E-state index contributed by atoms with van der Waals surface area (Å²) in [6.07, 6.45) is 2.25. The van der Waals surface area contributed by atoms with E-state index in [4.69, 9.17) is 9.84 Å². The van der Waals surface area contributed by atoms with Crippen LogP contribution in [0, 0.1) is 0 Å². The van der Waals surface area contributed by atoms with Gasteiger partial charge in [0.2, 0.25) is 0 Å². The summed E-state index contributed by atoms with van der Waals surface area (Å²) in [5, 5.41) is 18.6. The minimum absolute atomic E-state index is 0.0804. The summed E-state index contributed by atoms with van der Waals surface area (Å²) in [5.41, 5.74) is 0. The van der Waals surface area contributed by atoms with Gasteiger partial charge in [0, 0.05) is 12.1 Å². The molecule has 0 aliphatic carbocycles. The zero-order valence-electron chi connectivity index (χ0n) is 10.7. The van der Waals surface area contributed by atoms with Crippen molar-refractivity contribution >= 4 is 11.9 Å². The Morgan fingerprint density at radius 3 is 2.11 bits per heavy atom. The first-order valence-electron chi connectivity index (χ1n) is 6.94. The Morgan fingerprint density at radius 2 is 1.58 bits per heavy atom. The van der Waals surface area contributed by atoms with E-state index in [2.05, 4.69) is 0 Å². The number of hydrogen-bond acceptors (Lipinski definition) is 4. The van der Waals surface area contributed by atoms with E-state index < -0.39 is 18.2 Å². The fraction of sp³-hybridized carbons (Fsp3) is 0.846. The average Bonchev–Trinajstić information content (AvgIpc) is 2.93. The first-order valence-corrected chi connectivity index (χ1v) is 6.94. The number of carbonyl (C=O) groups is 2. The number of ether oxygens (including phenoxy) is 1. The first-order chi connectivity index (χ1) is 9.06. The number of carboxylic acid groups (broad SMARTS) is 1. The van der Waals surface area contributed by atoms with Crippen LogP contribution in [-0.2, 0) is 14.3 Å². The number of piperidine rings is 1. The molecule has 2 N–H and O–H groups in total. The van der Waals surface area contributed by atoms with Crippen molar-refractivity contribution in [2.45, 2.75) is 68.9 Å². The molecule has 3 rings (SSSR count). The molecule has 1 amide bonds. The van der Waals surface area contributed by atoms with Crippen molar-refractivity contribution in [2.75, 3.05) is 0 Å². The number of hydrogen-bond donors (Lipinski definition) is 2. The second kappa shape index (κ2) is 4.76. The van der Waals surface area contributed by atoms with E-state index in [1.807, 2.05) is 4.90 Å². The Kier molecular flexibility index (Phi) is 3.22. The molecule has 4 atom stereocenters. The molecule has 4 unspecified atom stereocenters. The van der Waals surface area contributed by atoms with Gasteiger partial charge in [-0.2, -0.15) is 0 Å². The molecular formula is C13H19NO5. The Balaban J connectivity index is 1.67. The van der Waals surface area contributed by atoms with E-state index in [9.17, 15) is 14.7 Å². The molecule has 0 aromatic carbocycles. The van der Waals surface area contributed by atoms with Crippen molar-refractivity contribution in [3.8, 4) is 0 Å². The van der Waals surface area contributed by atoms with Crippen molar-refractivity contribution in [3.05, 3.63) is 0 Å². The predicted molar refractivity (Wildman–Crippen MR) is 64.4 cm³/mol. The van der Waals surface area contributed by atoms with E-state index >= 15 is 0 Å². The molecule has 3 saturated heterocycles. The first kappa shape index (κ1) is 12.9. The number of aliphatic hydroxyl groups is 1. The van der Waals surface area contributed by atoms with Crippen molar-refractivity contribution < 1.29 is 24.5 Å². The van der Waals surface area contributed by atoms with E-state index in [1.54, 1.807) is 0 Å². The molecule has 0 aromatic rings. The number of nitrogens with zero attached hydrogens (tertiary/aromatic N) is 1. The molecule has 0 saturated carbocycles. The third-order valence-corrected chi connectivity index (χ3v) is 4.53. The van der Waals surface area contributed by atoms with Gasteiger partial charge in [-0.25, -0.2) is 4.79 Å². The third-order valence-electron chi connectivity index (χ3n) is 4.53. The van der Waals surface area contributed by atoms with Gasteiger partial charge in [-0.1, -0.05) is 0 Å². The van der Waals surface area contributed by atoms with E-state index in [-0.39, 0.29) is 24.1 Å². The van der Waals surface area contributed by atoms with Crippen LogP contribution in [-0.4, -0.2) is 57.4 Å². The van der Waals surface area contributed by atoms with Crippen molar-refractivity contribution in [1.82, 2.24) is 4.90 Å². The summed E-state index contributed by atoms with van der Waals surface area (Å²) < 4.78 is 5.34. The van der Waals surface area contributed by atoms with Crippen molar-refractivity contribution in [1.29, 1.82) is 0 Å². The maximum Gasteiger partial charge on any atom is 0.332 e. The van der Waals surface area contributed by atoms with Crippen LogP contribution in [0.3, 0.4) is 0 Å². The number of rotatable bonds is 2. The Bertz CT molecular complexity index is 384. The molecule has 3 heterocycles. The average molecular weight is 269 g/mol. The summed E-state index contributed by atoms with van der Waals surface area (Å²) in [4.78, 5) is 25.2. The predicted octanol–water partition coefficient (Wildman–Crippen LogP) is 0.133. The summed E-state index contributed by atoms with van der Waals surface area (Å²) in [6, 6.07) is 0.211. The van der Waals surface area contributed by atoms with Crippen LogP contribution in [0.5, 0.6) is 0 Å². The second-order valence-corrected chi connectivity index (χ2v) is 5.78. The smallest absolute Gasteiger partial charge is 0.332 e. The Morgan fingerprint density at radius 1 is 1.00 bits per heavy atom. The summed E-state index contributed by atoms with van der Waals surface area (Å²) >= 11 is 0. The number of fused-ring (bicyclic) bond motifs is 2. The van der Waals surface area contributed by atoms with Crippen molar-refractivity contribution in [3.63, 3.8) is 0 Å². The maximum atomic E-state index is 12.5. The van der Waals surface area contributed by atoms with E-state index in [1.165, 1.54) is 0 Å². The molecule has 6 heteroatoms. The number of aliphatic hydroxyl groups excluding tert-OH is 1. The standard InChI is InChI=1S/C13H19NO5/c15-9-5-7-1-2-8(6-9)14(7)12(16)10-3-4-11(19-10)13(17)18/h7-11,15H,1-6H2,(H,17,18). The fourth-order valence-electron chi connectivity index (χ4n) is 3.67. The number of carbonyl (C=O) groups excluding carboxylic acids is 1. The van der Waals surface area contributed by atoms with Crippen LogP contribution in [0.2, 0.25) is 0 Å². The molecule has 19 heavy (non-hydrogen) atoms. The Labute approximate surface area is 111 Å². The summed E-state index contributed by atoms with van der Waals surface area (Å²) in [7, 11) is 0. The van der Waals surface area contributed by atoms with Gasteiger partial charge >= 0.3 is 5.97 Å². The molecule has 106 valence electrons. The fourth-order valence-corrected chi connectivity index (χ4v) is 3.67. The third kappa shape index (κ3) is 2.23. The number of amides is 1. The van der Waals surface area contributed by atoms with Gasteiger partial charge < -0.3 is 19.8 Å². The van der Waals surface area contributed by atoms with Gasteiger partial charge in [-0.05, 0) is 38.5 Å². The Hall–Kier alpha value is -1.14. The van der Waals surface area contributed by atoms with Gasteiger partial charge in [0.25, 0.3) is 5.91 Å². The highest BCUT2D eigenvalue weighted by molar-refractivity contribution is 5.83. The highest BCUT2D eigenvalue weighted by atomic mass is 16.5. The lowest BCUT2D eigenvalue weighted by Crippen LogP contribution is -2.51. The topological polar surface area (TPSA) is 87.1 Å². The van der Waals surface area contributed by atoms with Gasteiger partial charge in [-0.3, -0.25) is 4.79 Å². The van der Waals surface area contributed by atoms with Crippen LogP contribution < -0.4 is 0 Å². The van der Waals surface area contributed by atoms with Gasteiger partial charge in [0.15, 0.2) is 6.10 Å². The quantitative estimate of drug-likeness (QED) is 0.744. The molecule has 0 spiro atoms. The molecular weight excluding hydrogens is 250 g/mol. The van der Waals surface area contributed by atoms with Gasteiger partial charge in [0.05, 0.1) is 6.10 Å². The lowest BCUT2D eigenvalue weighted by Gasteiger charge is -2.38. The largest absolute Gasteiger partial charge is 0.479 e. The van der Waals surface area contributed by atoms with E-state index in [0.29, 0.717) is 25.7 Å². The SMILES string of the molecule is O=C(O)C1CCC(C(=O)N2C3CCC2CC(O)C3)O1. The highest BCUT2D eigenvalue weighted by Gasteiger charge is 2.46. The zero-order valence-corrected chi connectivity index (χ0v) is 10.7. The second-order valence-electron chi connectivity index (χ2n) is 5.78. The lowest BCUT2D eigenvalue weighted by atomic mass is 9.99. The van der Waals surface area contributed by atoms with Crippen LogP contribution in [0.15, 0.2) is 0 Å². The van der Waals surface area contributed by atoms with Crippen molar-refractivity contribution in [2.24, 2.45) is 0 Å². The van der Waals surface area contributed by atoms with Crippen LogP contribution in [0.4, 0.5) is 0 Å². The maximum absolute atomic E-state index is 12.5.